The van der Waals surface area contributed by atoms with Gasteiger partial charge in [0, 0.05) is 0 Å². The minimum Gasteiger partial charge on any atom is -0.508 e. The molecule has 0 fully saturated rings. The van der Waals surface area contributed by atoms with Gasteiger partial charge in [-0.15, -0.1) is 0 Å². The molecule has 0 amide bonds. The second-order valence-electron chi connectivity index (χ2n) is 8.12. The lowest BCUT2D eigenvalue weighted by Gasteiger charge is -2.06. The topological polar surface area (TPSA) is 45.0 Å². The van der Waals surface area contributed by atoms with E-state index >= 15 is 0 Å². The van der Waals surface area contributed by atoms with Gasteiger partial charge in [-0.1, -0.05) is 74.6 Å². The van der Waals surface area contributed by atoms with Gasteiger partial charge in [0.05, 0.1) is 11.4 Å². The number of hydrogen-bond acceptors (Lipinski definition) is 3. The van der Waals surface area contributed by atoms with Crippen LogP contribution in [0.4, 0.5) is 11.4 Å². The van der Waals surface area contributed by atoms with Gasteiger partial charge < -0.3 is 5.11 Å². The smallest absolute Gasteiger partial charge is 0.116 e. The van der Waals surface area contributed by atoms with E-state index in [2.05, 4.69) is 48.4 Å². The Bertz CT molecular complexity index is 835. The van der Waals surface area contributed by atoms with Crippen LogP contribution >= 0.6 is 0 Å². The van der Waals surface area contributed by atoms with Crippen LogP contribution in [0.2, 0.25) is 0 Å². The van der Waals surface area contributed by atoms with Gasteiger partial charge in [-0.25, -0.2) is 0 Å². The van der Waals surface area contributed by atoms with Gasteiger partial charge in [0.2, 0.25) is 0 Å². The van der Waals surface area contributed by atoms with Crippen LogP contribution in [-0.4, -0.2) is 5.11 Å². The van der Waals surface area contributed by atoms with Gasteiger partial charge in [0.1, 0.15) is 5.75 Å². The molecule has 3 nitrogen and oxygen atoms in total. The van der Waals surface area contributed by atoms with Gasteiger partial charge in [-0.3, -0.25) is 0 Å². The number of allylic oxidation sites excluding steroid dienone is 4. The molecular weight excluding hydrogens is 380 g/mol. The molecule has 0 atom stereocenters. The molecule has 0 heterocycles. The number of aromatic hydroxyl groups is 1. The number of nitrogens with zero attached hydrogens (tertiary/aromatic N) is 2. The number of azo groups is 1. The van der Waals surface area contributed by atoms with Crippen molar-refractivity contribution in [2.45, 2.75) is 78.1 Å². The van der Waals surface area contributed by atoms with E-state index in [4.69, 9.17) is 0 Å². The van der Waals surface area contributed by atoms with E-state index in [1.165, 1.54) is 50.5 Å². The molecule has 0 radical (unpaired) electrons. The summed E-state index contributed by atoms with van der Waals surface area (Å²) in [5.41, 5.74) is 3.96. The van der Waals surface area contributed by atoms with Crippen LogP contribution in [0.3, 0.4) is 0 Å². The summed E-state index contributed by atoms with van der Waals surface area (Å²) in [6, 6.07) is 13.4. The zero-order chi connectivity index (χ0) is 22.2. The Morgan fingerprint density at radius 1 is 0.774 bits per heavy atom. The highest BCUT2D eigenvalue weighted by Crippen LogP contribution is 2.28. The molecule has 2 aromatic rings. The van der Waals surface area contributed by atoms with Gasteiger partial charge in [0.25, 0.3) is 0 Å². The number of benzene rings is 2. The van der Waals surface area contributed by atoms with Crippen molar-refractivity contribution in [2.75, 3.05) is 0 Å². The molecule has 0 aliphatic rings. The quantitative estimate of drug-likeness (QED) is 0.185. The van der Waals surface area contributed by atoms with Crippen LogP contribution in [0, 0.1) is 6.92 Å². The van der Waals surface area contributed by atoms with E-state index in [-0.39, 0.29) is 0 Å². The van der Waals surface area contributed by atoms with Crippen molar-refractivity contribution in [1.82, 2.24) is 0 Å². The molecule has 0 saturated heterocycles. The molecule has 0 aromatic heterocycles. The van der Waals surface area contributed by atoms with Crippen molar-refractivity contribution >= 4 is 11.4 Å². The van der Waals surface area contributed by atoms with Crippen molar-refractivity contribution in [2.24, 2.45) is 10.2 Å². The highest BCUT2D eigenvalue weighted by atomic mass is 16.3. The molecule has 3 heteroatoms. The van der Waals surface area contributed by atoms with E-state index in [9.17, 15) is 5.11 Å². The lowest BCUT2D eigenvalue weighted by molar-refractivity contribution is 0.474. The molecule has 0 aliphatic carbocycles. The molecule has 2 rings (SSSR count). The fraction of sp³-hybridized carbons (Fsp3) is 0.429. The van der Waals surface area contributed by atoms with E-state index in [1.54, 1.807) is 6.07 Å². The number of aryl methyl sites for hydroxylation is 2. The van der Waals surface area contributed by atoms with E-state index in [1.807, 2.05) is 36.4 Å². The molecule has 0 spiro atoms. The third-order valence-electron chi connectivity index (χ3n) is 5.25. The first-order valence-corrected chi connectivity index (χ1v) is 11.8. The van der Waals surface area contributed by atoms with Crippen molar-refractivity contribution in [1.29, 1.82) is 0 Å². The maximum Gasteiger partial charge on any atom is 0.116 e. The average molecular weight is 419 g/mol. The largest absolute Gasteiger partial charge is 0.508 e. The van der Waals surface area contributed by atoms with Crippen molar-refractivity contribution in [3.05, 3.63) is 77.9 Å². The summed E-state index contributed by atoms with van der Waals surface area (Å²) in [5.74, 6) is 0.292. The lowest BCUT2D eigenvalue weighted by Crippen LogP contribution is -1.87. The highest BCUT2D eigenvalue weighted by molar-refractivity contribution is 5.50. The van der Waals surface area contributed by atoms with Crippen LogP contribution in [0.1, 0.15) is 75.8 Å². The minimum absolute atomic E-state index is 0.292. The van der Waals surface area contributed by atoms with Gasteiger partial charge in [-0.05, 0) is 81.3 Å². The van der Waals surface area contributed by atoms with Crippen LogP contribution in [0.15, 0.2) is 77.0 Å². The average Bonchev–Trinajstić information content (AvgIpc) is 2.77. The first kappa shape index (κ1) is 24.6. The summed E-state index contributed by atoms with van der Waals surface area (Å²) < 4.78 is 0. The summed E-state index contributed by atoms with van der Waals surface area (Å²) in [4.78, 5) is 0. The second-order valence-corrected chi connectivity index (χ2v) is 8.12. The Hall–Kier alpha value is -2.68. The highest BCUT2D eigenvalue weighted by Gasteiger charge is 2.04. The zero-order valence-electron chi connectivity index (χ0n) is 19.3. The zero-order valence-corrected chi connectivity index (χ0v) is 19.3. The fourth-order valence-corrected chi connectivity index (χ4v) is 3.37. The SMILES string of the molecule is CCC/C=C/C/C=C/CCCCCCCc1cc(O)ccc1N=Nc1ccc(C)cc1. The maximum atomic E-state index is 9.87. The Morgan fingerprint density at radius 3 is 2.26 bits per heavy atom. The summed E-state index contributed by atoms with van der Waals surface area (Å²) >= 11 is 0. The Morgan fingerprint density at radius 2 is 1.48 bits per heavy atom. The maximum absolute atomic E-state index is 9.87. The minimum atomic E-state index is 0.292. The number of unbranched alkanes of at least 4 members (excludes halogenated alkanes) is 6. The van der Waals surface area contributed by atoms with Crippen molar-refractivity contribution in [3.8, 4) is 5.75 Å². The van der Waals surface area contributed by atoms with E-state index < -0.39 is 0 Å². The lowest BCUT2D eigenvalue weighted by atomic mass is 10.0. The summed E-state index contributed by atoms with van der Waals surface area (Å²) in [7, 11) is 0. The second kappa shape index (κ2) is 15.2. The van der Waals surface area contributed by atoms with Crippen LogP contribution in [-0.2, 0) is 6.42 Å². The molecule has 1 N–H and O–H groups in total. The number of rotatable bonds is 14. The standard InChI is InChI=1S/C28H38N2O/c1-3-4-5-6-7-8-9-10-11-12-13-14-15-16-25-23-27(31)21-22-28(25)30-29-26-19-17-24(2)18-20-26/h5-6,8-9,17-23,31H,3-4,7,10-16H2,1-2H3/b6-5+,9-8+,30-29?. The monoisotopic (exact) mass is 418 g/mol. The predicted octanol–water partition coefficient (Wildman–Crippen LogP) is 9.30. The van der Waals surface area contributed by atoms with Crippen LogP contribution in [0.5, 0.6) is 5.75 Å². The molecule has 166 valence electrons. The molecule has 2 aromatic carbocycles. The predicted molar refractivity (Wildman–Crippen MR) is 133 cm³/mol. The van der Waals surface area contributed by atoms with Gasteiger partial charge in [-0.2, -0.15) is 10.2 Å². The Balaban J connectivity index is 1.68. The number of phenolic OH excluding ortho intramolecular Hbond substituents is 1. The molecule has 0 bridgehead atoms. The van der Waals surface area contributed by atoms with Crippen LogP contribution < -0.4 is 0 Å². The first-order valence-electron chi connectivity index (χ1n) is 11.8. The molecule has 0 unspecified atom stereocenters. The van der Waals surface area contributed by atoms with E-state index in [0.29, 0.717) is 5.75 Å². The van der Waals surface area contributed by atoms with Crippen molar-refractivity contribution in [3.63, 3.8) is 0 Å². The first-order chi connectivity index (χ1) is 15.2. The summed E-state index contributed by atoms with van der Waals surface area (Å²) in [6.45, 7) is 4.27. The van der Waals surface area contributed by atoms with Gasteiger partial charge in [0.15, 0.2) is 0 Å². The van der Waals surface area contributed by atoms with E-state index in [0.717, 1.165) is 36.2 Å². The fourth-order valence-electron chi connectivity index (χ4n) is 3.37. The Kier molecular flexibility index (Phi) is 12.0. The summed E-state index contributed by atoms with van der Waals surface area (Å²) in [6.07, 6.45) is 20.8. The van der Waals surface area contributed by atoms with Crippen LogP contribution in [0.25, 0.3) is 0 Å². The molecule has 31 heavy (non-hydrogen) atoms. The van der Waals surface area contributed by atoms with Gasteiger partial charge >= 0.3 is 0 Å². The third kappa shape index (κ3) is 10.8. The normalized spacial score (nSPS) is 11.9. The summed E-state index contributed by atoms with van der Waals surface area (Å²) in [5, 5.41) is 18.7. The molecular formula is C28H38N2O. The molecule has 0 aliphatic heterocycles. The van der Waals surface area contributed by atoms with Crippen molar-refractivity contribution < 1.29 is 5.11 Å². The number of phenols is 1. The molecule has 0 saturated carbocycles. The third-order valence-corrected chi connectivity index (χ3v) is 5.25. The number of hydrogen-bond donors (Lipinski definition) is 1. The Labute approximate surface area is 188 Å².